The lowest BCUT2D eigenvalue weighted by atomic mass is 9.68. The SMILES string of the molecule is C=Cc1c(/C=C(\C)Cl)cncc1C(=O)NCC1CCCC[C@H]1Nc1c(N)cc(Br)cc1C(=O)N1CC2(CCCCC2)C1. The standard InChI is InChI=1S/C33H41BrClN5O2/c1-3-25-23(13-21(2)35)16-37-18-27(25)31(41)38-17-22-9-5-6-10-29(22)39-30-26(14-24(34)15-28(30)36)32(42)40-19-33(20-40)11-7-4-8-12-33/h3,13-16,18,22,29,39H,1,4-12,17,19-20,36H2,2H3,(H,38,41)/b21-13+/t22?,29-/m1/s1. The number of likely N-dealkylation sites (tertiary alicyclic amines) is 1. The van der Waals surface area contributed by atoms with E-state index in [0.29, 0.717) is 45.1 Å². The molecule has 3 aliphatic rings. The van der Waals surface area contributed by atoms with Gasteiger partial charge in [0, 0.05) is 58.6 Å². The molecule has 1 unspecified atom stereocenters. The fourth-order valence-corrected chi connectivity index (χ4v) is 7.62. The minimum Gasteiger partial charge on any atom is -0.397 e. The Labute approximate surface area is 262 Å². The molecule has 1 aromatic carbocycles. The molecule has 3 fully saturated rings. The van der Waals surface area contributed by atoms with E-state index in [-0.39, 0.29) is 23.8 Å². The van der Waals surface area contributed by atoms with Gasteiger partial charge in [0.15, 0.2) is 0 Å². The van der Waals surface area contributed by atoms with Crippen LogP contribution in [0, 0.1) is 11.3 Å². The molecule has 9 heteroatoms. The van der Waals surface area contributed by atoms with Crippen molar-refractivity contribution in [2.45, 2.75) is 70.8 Å². The summed E-state index contributed by atoms with van der Waals surface area (Å²) < 4.78 is 0.794. The molecule has 1 aromatic heterocycles. The van der Waals surface area contributed by atoms with E-state index in [1.54, 1.807) is 31.5 Å². The van der Waals surface area contributed by atoms with Gasteiger partial charge in [-0.25, -0.2) is 0 Å². The quantitative estimate of drug-likeness (QED) is 0.256. The number of nitrogen functional groups attached to an aromatic ring is 1. The predicted molar refractivity (Wildman–Crippen MR) is 176 cm³/mol. The molecule has 0 radical (unpaired) electrons. The summed E-state index contributed by atoms with van der Waals surface area (Å²) in [4.78, 5) is 33.3. The molecule has 2 saturated carbocycles. The summed E-state index contributed by atoms with van der Waals surface area (Å²) in [7, 11) is 0. The Hall–Kier alpha value is -2.84. The number of aromatic nitrogens is 1. The third kappa shape index (κ3) is 6.70. The van der Waals surface area contributed by atoms with Gasteiger partial charge in [0.05, 0.1) is 22.5 Å². The molecule has 4 N–H and O–H groups in total. The van der Waals surface area contributed by atoms with E-state index in [1.807, 2.05) is 17.0 Å². The van der Waals surface area contributed by atoms with Gasteiger partial charge in [0.25, 0.3) is 11.8 Å². The molecule has 224 valence electrons. The highest BCUT2D eigenvalue weighted by Crippen LogP contribution is 2.45. The number of benzene rings is 1. The van der Waals surface area contributed by atoms with Gasteiger partial charge in [-0.3, -0.25) is 14.6 Å². The number of pyridine rings is 1. The van der Waals surface area contributed by atoms with E-state index < -0.39 is 0 Å². The fraction of sp³-hybridized carbons (Fsp3) is 0.485. The third-order valence-corrected chi connectivity index (χ3v) is 9.77. The zero-order valence-corrected chi connectivity index (χ0v) is 26.7. The van der Waals surface area contributed by atoms with Crippen LogP contribution in [0.15, 0.2) is 40.6 Å². The van der Waals surface area contributed by atoms with Crippen LogP contribution in [0.2, 0.25) is 0 Å². The van der Waals surface area contributed by atoms with Gasteiger partial charge in [-0.05, 0) is 62.3 Å². The molecule has 5 rings (SSSR count). The zero-order chi connectivity index (χ0) is 29.9. The Bertz CT molecular complexity index is 1370. The molecule has 2 aromatic rings. The molecule has 2 amide bonds. The van der Waals surface area contributed by atoms with E-state index in [1.165, 1.54) is 32.1 Å². The first-order valence-electron chi connectivity index (χ1n) is 15.1. The van der Waals surface area contributed by atoms with Crippen LogP contribution in [0.25, 0.3) is 12.2 Å². The summed E-state index contributed by atoms with van der Waals surface area (Å²) in [5.74, 6) is 0.0158. The molecule has 7 nitrogen and oxygen atoms in total. The van der Waals surface area contributed by atoms with Crippen molar-refractivity contribution in [2.24, 2.45) is 11.3 Å². The van der Waals surface area contributed by atoms with Crippen LogP contribution >= 0.6 is 27.5 Å². The van der Waals surface area contributed by atoms with Gasteiger partial charge in [0.1, 0.15) is 0 Å². The monoisotopic (exact) mass is 653 g/mol. The minimum absolute atomic E-state index is 0.0351. The topological polar surface area (TPSA) is 100 Å². The first-order valence-corrected chi connectivity index (χ1v) is 16.2. The highest BCUT2D eigenvalue weighted by molar-refractivity contribution is 9.10. The smallest absolute Gasteiger partial charge is 0.256 e. The van der Waals surface area contributed by atoms with Gasteiger partial charge < -0.3 is 21.3 Å². The molecule has 42 heavy (non-hydrogen) atoms. The van der Waals surface area contributed by atoms with Crippen LogP contribution in [-0.2, 0) is 0 Å². The summed E-state index contributed by atoms with van der Waals surface area (Å²) in [5, 5.41) is 7.41. The largest absolute Gasteiger partial charge is 0.397 e. The maximum atomic E-state index is 13.8. The molecule has 1 aliphatic heterocycles. The Morgan fingerprint density at radius 2 is 1.88 bits per heavy atom. The van der Waals surface area contributed by atoms with E-state index in [2.05, 4.69) is 38.1 Å². The van der Waals surface area contributed by atoms with Crippen molar-refractivity contribution in [3.05, 3.63) is 62.9 Å². The lowest BCUT2D eigenvalue weighted by Gasteiger charge is -2.52. The number of carbonyl (C=O) groups excluding carboxylic acids is 2. The van der Waals surface area contributed by atoms with E-state index in [4.69, 9.17) is 17.3 Å². The summed E-state index contributed by atoms with van der Waals surface area (Å²) in [5.41, 5.74) is 10.6. The zero-order valence-electron chi connectivity index (χ0n) is 24.4. The first-order chi connectivity index (χ1) is 20.2. The van der Waals surface area contributed by atoms with Gasteiger partial charge in [-0.1, -0.05) is 72.3 Å². The number of nitrogens with two attached hydrogens (primary N) is 1. The van der Waals surface area contributed by atoms with E-state index >= 15 is 0 Å². The molecular formula is C33H41BrClN5O2. The molecule has 1 saturated heterocycles. The van der Waals surface area contributed by atoms with Crippen molar-refractivity contribution in [1.82, 2.24) is 15.2 Å². The number of nitrogens with one attached hydrogen (secondary N) is 2. The number of carbonyl (C=O) groups is 2. The lowest BCUT2D eigenvalue weighted by molar-refractivity contribution is -0.0154. The second kappa shape index (κ2) is 13.2. The number of nitrogens with zero attached hydrogens (tertiary/aromatic N) is 2. The maximum absolute atomic E-state index is 13.8. The van der Waals surface area contributed by atoms with Crippen LogP contribution in [0.5, 0.6) is 0 Å². The second-order valence-electron chi connectivity index (χ2n) is 12.3. The molecule has 2 atom stereocenters. The number of anilines is 2. The Balaban J connectivity index is 1.30. The summed E-state index contributed by atoms with van der Waals surface area (Å²) in [6.45, 7) is 7.84. The Morgan fingerprint density at radius 1 is 1.14 bits per heavy atom. The average Bonchev–Trinajstić information content (AvgIpc) is 2.96. The minimum atomic E-state index is -0.197. The van der Waals surface area contributed by atoms with Gasteiger partial charge in [-0.2, -0.15) is 0 Å². The van der Waals surface area contributed by atoms with Crippen LogP contribution in [0.1, 0.15) is 96.6 Å². The number of amides is 2. The second-order valence-corrected chi connectivity index (χ2v) is 13.8. The molecule has 2 aliphatic carbocycles. The maximum Gasteiger partial charge on any atom is 0.256 e. The van der Waals surface area contributed by atoms with Crippen molar-refractivity contribution in [3.63, 3.8) is 0 Å². The number of hydrogen-bond donors (Lipinski definition) is 3. The van der Waals surface area contributed by atoms with E-state index in [9.17, 15) is 9.59 Å². The van der Waals surface area contributed by atoms with Crippen molar-refractivity contribution in [2.75, 3.05) is 30.7 Å². The predicted octanol–water partition coefficient (Wildman–Crippen LogP) is 7.48. The number of halogens is 2. The fourth-order valence-electron chi connectivity index (χ4n) is 7.02. The Morgan fingerprint density at radius 3 is 2.60 bits per heavy atom. The summed E-state index contributed by atoms with van der Waals surface area (Å²) in [6, 6.07) is 3.81. The Kier molecular flexibility index (Phi) is 9.63. The van der Waals surface area contributed by atoms with Crippen LogP contribution in [0.4, 0.5) is 11.4 Å². The lowest BCUT2D eigenvalue weighted by Crippen LogP contribution is -2.59. The molecule has 1 spiro atoms. The third-order valence-electron chi connectivity index (χ3n) is 9.20. The van der Waals surface area contributed by atoms with Gasteiger partial charge in [-0.15, -0.1) is 0 Å². The molecular weight excluding hydrogens is 614 g/mol. The van der Waals surface area contributed by atoms with Gasteiger partial charge in [0.2, 0.25) is 0 Å². The van der Waals surface area contributed by atoms with Crippen molar-refractivity contribution >= 4 is 62.9 Å². The van der Waals surface area contributed by atoms with Gasteiger partial charge >= 0.3 is 0 Å². The van der Waals surface area contributed by atoms with Crippen molar-refractivity contribution in [3.8, 4) is 0 Å². The van der Waals surface area contributed by atoms with Crippen LogP contribution in [-0.4, -0.2) is 47.4 Å². The number of allylic oxidation sites excluding steroid dienone is 1. The van der Waals surface area contributed by atoms with Crippen LogP contribution < -0.4 is 16.4 Å². The number of rotatable bonds is 8. The average molecular weight is 655 g/mol. The first kappa shape index (κ1) is 30.6. The normalized spacial score (nSPS) is 21.9. The summed E-state index contributed by atoms with van der Waals surface area (Å²) >= 11 is 9.64. The van der Waals surface area contributed by atoms with Crippen molar-refractivity contribution in [1.29, 1.82) is 0 Å². The van der Waals surface area contributed by atoms with E-state index in [0.717, 1.165) is 48.8 Å². The summed E-state index contributed by atoms with van der Waals surface area (Å²) in [6.07, 6.45) is 17.0. The van der Waals surface area contributed by atoms with Crippen LogP contribution in [0.3, 0.4) is 0 Å². The molecule has 0 bridgehead atoms. The highest BCUT2D eigenvalue weighted by atomic mass is 79.9. The molecule has 2 heterocycles. The highest BCUT2D eigenvalue weighted by Gasteiger charge is 2.46. The van der Waals surface area contributed by atoms with Crippen molar-refractivity contribution < 1.29 is 9.59 Å². The number of hydrogen-bond acceptors (Lipinski definition) is 5.